The van der Waals surface area contributed by atoms with Crippen LogP contribution in [0.3, 0.4) is 0 Å². The van der Waals surface area contributed by atoms with Crippen LogP contribution in [0.1, 0.15) is 6.92 Å². The molecule has 2 N–H and O–H groups in total. The van der Waals surface area contributed by atoms with Crippen molar-refractivity contribution < 1.29 is 35.9 Å². The van der Waals surface area contributed by atoms with Crippen LogP contribution < -0.4 is 5.73 Å². The van der Waals surface area contributed by atoms with E-state index in [2.05, 4.69) is 10.5 Å². The highest BCUT2D eigenvalue weighted by Crippen LogP contribution is 2.45. The van der Waals surface area contributed by atoms with E-state index in [0.717, 1.165) is 0 Å². The monoisotopic (exact) mass is 239 g/mol. The average molecular weight is 239 g/mol. The van der Waals surface area contributed by atoms with E-state index < -0.39 is 30.5 Å². The molecule has 0 atom stereocenters. The summed E-state index contributed by atoms with van der Waals surface area (Å²) in [5, 5.41) is 0. The zero-order valence-electron chi connectivity index (χ0n) is 7.37. The number of alkyl halides is 6. The molecule has 0 aliphatic carbocycles. The molecular weight excluding hydrogens is 232 g/mol. The summed E-state index contributed by atoms with van der Waals surface area (Å²) >= 11 is 0. The Balaban J connectivity index is 4.98. The topological polar surface area (TPSA) is 52.3 Å². The summed E-state index contributed by atoms with van der Waals surface area (Å²) in [6.45, 7) is -1.68. The highest BCUT2D eigenvalue weighted by Gasteiger charge is 2.69. The Labute approximate surface area is 80.2 Å². The zero-order chi connectivity index (χ0) is 12.5. The van der Waals surface area contributed by atoms with E-state index in [-0.39, 0.29) is 6.92 Å². The number of hydrogen-bond donors (Lipinski definition) is 1. The summed E-state index contributed by atoms with van der Waals surface area (Å²) in [6, 6.07) is 0. The van der Waals surface area contributed by atoms with Gasteiger partial charge in [0.2, 0.25) is 5.91 Å². The molecule has 0 aliphatic heterocycles. The molecule has 0 radical (unpaired) electrons. The molecule has 9 heteroatoms. The second-order valence-electron chi connectivity index (χ2n) is 2.78. The first-order chi connectivity index (χ1) is 6.42. The van der Waals surface area contributed by atoms with E-state index in [0.29, 0.717) is 0 Å². The minimum atomic E-state index is -5.68. The zero-order valence-corrected chi connectivity index (χ0v) is 7.37. The standard InChI is InChI=1S/C6H7F6NO2/c1-4(5(7,8)9,6(10,11)12)15-2-3(13)14/h2H2,1H3,(H2,13,14). The second-order valence-corrected chi connectivity index (χ2v) is 2.78. The van der Waals surface area contributed by atoms with E-state index in [1.807, 2.05) is 0 Å². The Morgan fingerprint density at radius 1 is 1.13 bits per heavy atom. The molecule has 0 saturated heterocycles. The van der Waals surface area contributed by atoms with Gasteiger partial charge in [0.1, 0.15) is 6.61 Å². The van der Waals surface area contributed by atoms with Gasteiger partial charge in [-0.05, 0) is 6.92 Å². The Bertz CT molecular complexity index is 231. The van der Waals surface area contributed by atoms with Crippen molar-refractivity contribution in [2.24, 2.45) is 5.73 Å². The van der Waals surface area contributed by atoms with Crippen molar-refractivity contribution in [3.63, 3.8) is 0 Å². The molecule has 90 valence electrons. The molecule has 0 bridgehead atoms. The normalized spacial score (nSPS) is 14.1. The number of hydrogen-bond acceptors (Lipinski definition) is 2. The summed E-state index contributed by atoms with van der Waals surface area (Å²) in [6.07, 6.45) is -11.4. The third-order valence-electron chi connectivity index (χ3n) is 1.58. The fourth-order valence-electron chi connectivity index (χ4n) is 0.540. The summed E-state index contributed by atoms with van der Waals surface area (Å²) in [5.41, 5.74) is -0.00625. The highest BCUT2D eigenvalue weighted by molar-refractivity contribution is 5.75. The van der Waals surface area contributed by atoms with E-state index in [1.54, 1.807) is 0 Å². The lowest BCUT2D eigenvalue weighted by molar-refractivity contribution is -0.371. The molecule has 0 aromatic rings. The van der Waals surface area contributed by atoms with Crippen LogP contribution in [-0.2, 0) is 9.53 Å². The smallest absolute Gasteiger partial charge is 0.368 e. The molecule has 0 rings (SSSR count). The lowest BCUT2D eigenvalue weighted by atomic mass is 10.1. The predicted molar refractivity (Wildman–Crippen MR) is 35.7 cm³/mol. The minimum Gasteiger partial charge on any atom is -0.368 e. The molecule has 3 nitrogen and oxygen atoms in total. The van der Waals surface area contributed by atoms with E-state index >= 15 is 0 Å². The summed E-state index contributed by atoms with van der Waals surface area (Å²) in [5.74, 6) is -1.42. The average Bonchev–Trinajstić information content (AvgIpc) is 1.95. The fourth-order valence-corrected chi connectivity index (χ4v) is 0.540. The van der Waals surface area contributed by atoms with Crippen molar-refractivity contribution in [1.29, 1.82) is 0 Å². The number of carbonyl (C=O) groups excluding carboxylic acids is 1. The number of nitrogens with two attached hydrogens (primary N) is 1. The Morgan fingerprint density at radius 2 is 1.47 bits per heavy atom. The fraction of sp³-hybridized carbons (Fsp3) is 0.833. The van der Waals surface area contributed by atoms with Crippen molar-refractivity contribution in [3.05, 3.63) is 0 Å². The van der Waals surface area contributed by atoms with Gasteiger partial charge in [-0.15, -0.1) is 0 Å². The van der Waals surface area contributed by atoms with Crippen LogP contribution in [0.4, 0.5) is 26.3 Å². The molecule has 15 heavy (non-hydrogen) atoms. The van der Waals surface area contributed by atoms with Gasteiger partial charge in [-0.2, -0.15) is 26.3 Å². The van der Waals surface area contributed by atoms with Crippen LogP contribution in [0.15, 0.2) is 0 Å². The lowest BCUT2D eigenvalue weighted by Crippen LogP contribution is -2.57. The largest absolute Gasteiger partial charge is 0.426 e. The Kier molecular flexibility index (Phi) is 3.62. The van der Waals surface area contributed by atoms with Crippen LogP contribution in [0.5, 0.6) is 0 Å². The van der Waals surface area contributed by atoms with Crippen molar-refractivity contribution in [2.75, 3.05) is 6.61 Å². The van der Waals surface area contributed by atoms with Crippen LogP contribution in [0.25, 0.3) is 0 Å². The molecular formula is C6H7F6NO2. The van der Waals surface area contributed by atoms with Gasteiger partial charge in [-0.3, -0.25) is 4.79 Å². The number of carbonyl (C=O) groups is 1. The number of primary amides is 1. The SMILES string of the molecule is CC(OCC(N)=O)(C(F)(F)F)C(F)(F)F. The minimum absolute atomic E-state index is 0.212. The van der Waals surface area contributed by atoms with Crippen molar-refractivity contribution in [3.8, 4) is 0 Å². The lowest BCUT2D eigenvalue weighted by Gasteiger charge is -2.33. The highest BCUT2D eigenvalue weighted by atomic mass is 19.4. The first kappa shape index (κ1) is 14.0. The number of halogens is 6. The molecule has 0 heterocycles. The van der Waals surface area contributed by atoms with Crippen LogP contribution in [-0.4, -0.2) is 30.5 Å². The van der Waals surface area contributed by atoms with Crippen molar-refractivity contribution in [1.82, 2.24) is 0 Å². The third-order valence-corrected chi connectivity index (χ3v) is 1.58. The first-order valence-electron chi connectivity index (χ1n) is 3.47. The van der Waals surface area contributed by atoms with Crippen molar-refractivity contribution in [2.45, 2.75) is 24.9 Å². The first-order valence-corrected chi connectivity index (χ1v) is 3.47. The Hall–Kier alpha value is -0.990. The maximum atomic E-state index is 12.1. The molecule has 0 saturated carbocycles. The van der Waals surface area contributed by atoms with Crippen molar-refractivity contribution >= 4 is 5.91 Å². The quantitative estimate of drug-likeness (QED) is 0.756. The number of amides is 1. The van der Waals surface area contributed by atoms with Gasteiger partial charge in [0.05, 0.1) is 0 Å². The Morgan fingerprint density at radius 3 is 1.67 bits per heavy atom. The third kappa shape index (κ3) is 2.98. The van der Waals surface area contributed by atoms with Gasteiger partial charge < -0.3 is 10.5 Å². The van der Waals surface area contributed by atoms with Gasteiger partial charge in [0.15, 0.2) is 0 Å². The summed E-state index contributed by atoms with van der Waals surface area (Å²) in [4.78, 5) is 10.1. The van der Waals surface area contributed by atoms with E-state index in [9.17, 15) is 31.1 Å². The molecule has 0 aromatic carbocycles. The summed E-state index contributed by atoms with van der Waals surface area (Å²) in [7, 11) is 0. The predicted octanol–water partition coefficient (Wildman–Crippen LogP) is 1.37. The van der Waals surface area contributed by atoms with Crippen LogP contribution in [0, 0.1) is 0 Å². The number of ether oxygens (including phenoxy) is 1. The molecule has 0 fully saturated rings. The maximum absolute atomic E-state index is 12.1. The molecule has 0 spiro atoms. The van der Waals surface area contributed by atoms with E-state index in [1.165, 1.54) is 0 Å². The van der Waals surface area contributed by atoms with Gasteiger partial charge >= 0.3 is 12.4 Å². The second kappa shape index (κ2) is 3.87. The number of rotatable bonds is 3. The molecule has 0 aliphatic rings. The van der Waals surface area contributed by atoms with Crippen LogP contribution in [0.2, 0.25) is 0 Å². The van der Waals surface area contributed by atoms with Gasteiger partial charge in [0.25, 0.3) is 5.60 Å². The molecule has 1 amide bonds. The summed E-state index contributed by atoms with van der Waals surface area (Å²) < 4.78 is 75.8. The maximum Gasteiger partial charge on any atom is 0.426 e. The van der Waals surface area contributed by atoms with Gasteiger partial charge in [-0.1, -0.05) is 0 Å². The van der Waals surface area contributed by atoms with E-state index in [4.69, 9.17) is 0 Å². The molecule has 0 aromatic heterocycles. The van der Waals surface area contributed by atoms with Gasteiger partial charge in [0, 0.05) is 0 Å². The van der Waals surface area contributed by atoms with Crippen LogP contribution >= 0.6 is 0 Å². The molecule has 0 unspecified atom stereocenters. The van der Waals surface area contributed by atoms with Gasteiger partial charge in [-0.25, -0.2) is 0 Å².